The molecule has 4 rings (SSSR count). The van der Waals surface area contributed by atoms with Crippen LogP contribution in [0.5, 0.6) is 0 Å². The van der Waals surface area contributed by atoms with E-state index in [1.165, 1.54) is 17.4 Å². The van der Waals surface area contributed by atoms with Gasteiger partial charge in [-0.15, -0.1) is 11.3 Å². The van der Waals surface area contributed by atoms with Crippen LogP contribution < -0.4 is 10.6 Å². The predicted octanol–water partition coefficient (Wildman–Crippen LogP) is 4.00. The predicted molar refractivity (Wildman–Crippen MR) is 133 cm³/mol. The molecule has 0 aliphatic heterocycles. The summed E-state index contributed by atoms with van der Waals surface area (Å²) >= 11 is 1.20. The Kier molecular flexibility index (Phi) is 7.24. The van der Waals surface area contributed by atoms with E-state index in [-0.39, 0.29) is 41.9 Å². The van der Waals surface area contributed by atoms with Crippen molar-refractivity contribution < 1.29 is 28.6 Å². The molecule has 0 unspecified atom stereocenters. The maximum Gasteiger partial charge on any atom is 0.263 e. The van der Waals surface area contributed by atoms with Crippen molar-refractivity contribution in [3.63, 3.8) is 0 Å². The van der Waals surface area contributed by atoms with Gasteiger partial charge in [-0.3, -0.25) is 14.9 Å². The van der Waals surface area contributed by atoms with Gasteiger partial charge in [-0.05, 0) is 56.6 Å². The molecule has 4 N–H and O–H groups in total. The quantitative estimate of drug-likeness (QED) is 0.459. The molecule has 36 heavy (non-hydrogen) atoms. The number of hydrogen-bond donors (Lipinski definition) is 4. The Morgan fingerprint density at radius 2 is 1.92 bits per heavy atom. The second-order valence-corrected chi connectivity index (χ2v) is 11.9. The smallest absolute Gasteiger partial charge is 0.263 e. The summed E-state index contributed by atoms with van der Waals surface area (Å²) in [5, 5.41) is 26.8. The molecule has 2 aliphatic rings. The van der Waals surface area contributed by atoms with Gasteiger partial charge in [-0.25, -0.2) is 13.8 Å². The van der Waals surface area contributed by atoms with Crippen LogP contribution in [-0.4, -0.2) is 45.8 Å². The number of fused-ring (bicyclic) bond motifs is 2. The number of carbonyl (C=O) groups is 2. The van der Waals surface area contributed by atoms with Gasteiger partial charge in [0.2, 0.25) is 5.91 Å². The first kappa shape index (κ1) is 26.6. The molecule has 1 aromatic carbocycles. The zero-order valence-corrected chi connectivity index (χ0v) is 21.7. The zero-order chi connectivity index (χ0) is 26.4. The van der Waals surface area contributed by atoms with Crippen LogP contribution in [0.4, 0.5) is 13.9 Å². The summed E-state index contributed by atoms with van der Waals surface area (Å²) in [4.78, 5) is 31.1. The number of aliphatic hydroxyl groups excluding tert-OH is 2. The third kappa shape index (κ3) is 4.54. The Balaban J connectivity index is 1.73. The molecule has 1 heterocycles. The second-order valence-electron chi connectivity index (χ2n) is 10.8. The topological polar surface area (TPSA) is 112 Å². The summed E-state index contributed by atoms with van der Waals surface area (Å²) in [6.07, 6.45) is 1.11. The van der Waals surface area contributed by atoms with E-state index in [0.717, 1.165) is 17.0 Å². The fourth-order valence-corrected chi connectivity index (χ4v) is 7.20. The highest BCUT2D eigenvalue weighted by Gasteiger charge is 2.59. The second kappa shape index (κ2) is 9.79. The van der Waals surface area contributed by atoms with Gasteiger partial charge in [0, 0.05) is 28.7 Å². The van der Waals surface area contributed by atoms with E-state index in [2.05, 4.69) is 22.5 Å². The standard InChI is InChI=1S/C26H33F2N3O4S/c1-13(2)29-20(34)10-14-22-17(11-18-25(14,3)9-8-19(33)26(18,4)12-32)36-24(30-22)31-23(35)21-15(27)6-5-7-16(21)28/h5-7,13-14,18-19,32-33H,8-12H2,1-4H3,(H,29,34)(H,30,31,35)/t14-,18+,19-,25+,26+/m1/s1. The van der Waals surface area contributed by atoms with Gasteiger partial charge in [0.25, 0.3) is 5.91 Å². The van der Waals surface area contributed by atoms with Crippen LogP contribution >= 0.6 is 11.3 Å². The molecule has 10 heteroatoms. The molecule has 2 amide bonds. The average molecular weight is 522 g/mol. The summed E-state index contributed by atoms with van der Waals surface area (Å²) in [5.41, 5.74) is -1.22. The molecule has 196 valence electrons. The summed E-state index contributed by atoms with van der Waals surface area (Å²) < 4.78 is 28.3. The number of aromatic nitrogens is 1. The van der Waals surface area contributed by atoms with Gasteiger partial charge < -0.3 is 15.5 Å². The Hall–Kier alpha value is -2.43. The number of carbonyl (C=O) groups excluding carboxylic acids is 2. The van der Waals surface area contributed by atoms with E-state index in [9.17, 15) is 28.6 Å². The molecule has 1 saturated carbocycles. The van der Waals surface area contributed by atoms with E-state index in [1.54, 1.807) is 0 Å². The maximum absolute atomic E-state index is 14.1. The molecule has 1 aromatic heterocycles. The molecular weight excluding hydrogens is 488 g/mol. The van der Waals surface area contributed by atoms with Crippen molar-refractivity contribution in [2.75, 3.05) is 11.9 Å². The number of hydrogen-bond acceptors (Lipinski definition) is 6. The van der Waals surface area contributed by atoms with Crippen LogP contribution in [0.2, 0.25) is 0 Å². The van der Waals surface area contributed by atoms with Gasteiger partial charge in [0.1, 0.15) is 17.2 Å². The molecule has 0 bridgehead atoms. The Morgan fingerprint density at radius 1 is 1.25 bits per heavy atom. The van der Waals surface area contributed by atoms with E-state index in [1.807, 2.05) is 20.8 Å². The van der Waals surface area contributed by atoms with Crippen molar-refractivity contribution in [1.29, 1.82) is 0 Å². The highest BCUT2D eigenvalue weighted by molar-refractivity contribution is 7.15. The number of nitrogens with one attached hydrogen (secondary N) is 2. The SMILES string of the molecule is CC(C)NC(=O)C[C@@H]1c2nc(NC(=O)c3c(F)cccc3F)sc2C[C@@H]2[C@](C)(CO)[C@H](O)CC[C@]21C. The lowest BCUT2D eigenvalue weighted by Gasteiger charge is -2.58. The molecule has 5 atom stereocenters. The van der Waals surface area contributed by atoms with Crippen molar-refractivity contribution in [3.05, 3.63) is 46.0 Å². The van der Waals surface area contributed by atoms with Gasteiger partial charge in [0.05, 0.1) is 18.4 Å². The molecule has 2 aromatic rings. The molecule has 0 radical (unpaired) electrons. The van der Waals surface area contributed by atoms with Crippen LogP contribution in [0.3, 0.4) is 0 Å². The van der Waals surface area contributed by atoms with E-state index >= 15 is 0 Å². The lowest BCUT2D eigenvalue weighted by atomic mass is 9.47. The maximum atomic E-state index is 14.1. The highest BCUT2D eigenvalue weighted by Crippen LogP contribution is 2.62. The van der Waals surface area contributed by atoms with Crippen LogP contribution in [0.1, 0.15) is 73.8 Å². The van der Waals surface area contributed by atoms with Crippen LogP contribution in [0.15, 0.2) is 18.2 Å². The number of aliphatic hydroxyl groups is 2. The normalized spacial score (nSPS) is 29.4. The van der Waals surface area contributed by atoms with Crippen LogP contribution in [-0.2, 0) is 11.2 Å². The van der Waals surface area contributed by atoms with Gasteiger partial charge >= 0.3 is 0 Å². The molecule has 1 fully saturated rings. The zero-order valence-electron chi connectivity index (χ0n) is 20.9. The van der Waals surface area contributed by atoms with E-state index in [0.29, 0.717) is 25.0 Å². The van der Waals surface area contributed by atoms with E-state index in [4.69, 9.17) is 0 Å². The average Bonchev–Trinajstić information content (AvgIpc) is 3.19. The van der Waals surface area contributed by atoms with E-state index < -0.39 is 40.0 Å². The summed E-state index contributed by atoms with van der Waals surface area (Å²) in [6.45, 7) is 7.52. The minimum atomic E-state index is -0.969. The van der Waals surface area contributed by atoms with Crippen LogP contribution in [0, 0.1) is 28.4 Å². The van der Waals surface area contributed by atoms with Gasteiger partial charge in [-0.2, -0.15) is 0 Å². The van der Waals surface area contributed by atoms with Crippen molar-refractivity contribution >= 4 is 28.3 Å². The Bertz CT molecular complexity index is 1150. The fraction of sp³-hybridized carbons (Fsp3) is 0.577. The minimum absolute atomic E-state index is 0.0407. The molecule has 0 spiro atoms. The minimum Gasteiger partial charge on any atom is -0.396 e. The third-order valence-corrected chi connectivity index (χ3v) is 9.15. The number of anilines is 1. The molecule has 2 aliphatic carbocycles. The lowest BCUT2D eigenvalue weighted by Crippen LogP contribution is -2.57. The number of halogens is 2. The number of rotatable bonds is 6. The van der Waals surface area contributed by atoms with Crippen molar-refractivity contribution in [2.24, 2.45) is 16.7 Å². The molecule has 0 saturated heterocycles. The summed E-state index contributed by atoms with van der Waals surface area (Å²) in [6, 6.07) is 3.17. The molecule has 7 nitrogen and oxygen atoms in total. The Labute approximate surface area is 213 Å². The summed E-state index contributed by atoms with van der Waals surface area (Å²) in [7, 11) is 0. The number of nitrogens with zero attached hydrogens (tertiary/aromatic N) is 1. The van der Waals surface area contributed by atoms with Gasteiger partial charge in [0.15, 0.2) is 5.13 Å². The van der Waals surface area contributed by atoms with Crippen LogP contribution in [0.25, 0.3) is 0 Å². The monoisotopic (exact) mass is 521 g/mol. The molecular formula is C26H33F2N3O4S. The fourth-order valence-electron chi connectivity index (χ4n) is 6.14. The van der Waals surface area contributed by atoms with Crippen molar-refractivity contribution in [2.45, 2.75) is 71.4 Å². The lowest BCUT2D eigenvalue weighted by molar-refractivity contribution is -0.144. The van der Waals surface area contributed by atoms with Crippen molar-refractivity contribution in [1.82, 2.24) is 10.3 Å². The first-order valence-corrected chi connectivity index (χ1v) is 13.1. The highest BCUT2D eigenvalue weighted by atomic mass is 32.1. The number of amides is 2. The van der Waals surface area contributed by atoms with Crippen molar-refractivity contribution in [3.8, 4) is 0 Å². The first-order chi connectivity index (χ1) is 16.9. The first-order valence-electron chi connectivity index (χ1n) is 12.2. The van der Waals surface area contributed by atoms with Gasteiger partial charge in [-0.1, -0.05) is 19.9 Å². The third-order valence-electron chi connectivity index (χ3n) is 8.14. The Morgan fingerprint density at radius 3 is 2.53 bits per heavy atom. The number of thiazole rings is 1. The summed E-state index contributed by atoms with van der Waals surface area (Å²) in [5.74, 6) is -3.48. The number of benzene rings is 1. The largest absolute Gasteiger partial charge is 0.396 e.